The Kier molecular flexibility index (Phi) is 4.67. The minimum Gasteiger partial charge on any atom is -0.478 e. The zero-order chi connectivity index (χ0) is 13.0. The third kappa shape index (κ3) is 4.17. The van der Waals surface area contributed by atoms with Crippen LogP contribution in [-0.2, 0) is 12.8 Å². The highest BCUT2D eigenvalue weighted by Gasteiger charge is 2.12. The monoisotopic (exact) mass is 235 g/mol. The lowest BCUT2D eigenvalue weighted by atomic mass is 9.96. The molecule has 0 aromatic carbocycles. The maximum Gasteiger partial charge on any atom is 0.337 e. The largest absolute Gasteiger partial charge is 0.478 e. The van der Waals surface area contributed by atoms with Crippen LogP contribution in [0.1, 0.15) is 49.3 Å². The highest BCUT2D eigenvalue weighted by molar-refractivity contribution is 5.87. The summed E-state index contributed by atoms with van der Waals surface area (Å²) in [5, 5.41) is 8.98. The molecule has 1 rings (SSSR count). The molecule has 3 heteroatoms. The van der Waals surface area contributed by atoms with Gasteiger partial charge in [0.2, 0.25) is 0 Å². The Morgan fingerprint density at radius 2 is 1.82 bits per heavy atom. The van der Waals surface area contributed by atoms with Gasteiger partial charge >= 0.3 is 5.97 Å². The van der Waals surface area contributed by atoms with Gasteiger partial charge in [-0.25, -0.2) is 4.79 Å². The van der Waals surface area contributed by atoms with Gasteiger partial charge in [0.25, 0.3) is 0 Å². The number of nitrogens with zero attached hydrogens (tertiary/aromatic N) is 1. The van der Waals surface area contributed by atoms with Crippen LogP contribution in [0.3, 0.4) is 0 Å². The molecular formula is C14H21NO2. The lowest BCUT2D eigenvalue weighted by Crippen LogP contribution is -2.08. The minimum atomic E-state index is -0.904. The second-order valence-corrected chi connectivity index (χ2v) is 5.33. The van der Waals surface area contributed by atoms with E-state index in [-0.39, 0.29) is 5.56 Å². The van der Waals surface area contributed by atoms with E-state index in [0.717, 1.165) is 24.1 Å². The fourth-order valence-corrected chi connectivity index (χ4v) is 1.84. The average molecular weight is 235 g/mol. The summed E-state index contributed by atoms with van der Waals surface area (Å²) in [4.78, 5) is 15.2. The molecule has 0 saturated heterocycles. The first-order chi connectivity index (χ1) is 7.90. The summed E-state index contributed by atoms with van der Waals surface area (Å²) in [5.41, 5.74) is 2.40. The molecule has 0 saturated carbocycles. The van der Waals surface area contributed by atoms with E-state index in [2.05, 4.69) is 32.7 Å². The van der Waals surface area contributed by atoms with E-state index in [4.69, 9.17) is 5.11 Å². The normalized spacial score (nSPS) is 11.2. The summed E-state index contributed by atoms with van der Waals surface area (Å²) >= 11 is 0. The fourth-order valence-electron chi connectivity index (χ4n) is 1.84. The molecule has 0 amide bonds. The maximum absolute atomic E-state index is 10.9. The van der Waals surface area contributed by atoms with Crippen molar-refractivity contribution in [2.75, 3.05) is 0 Å². The summed E-state index contributed by atoms with van der Waals surface area (Å²) in [6, 6.07) is 1.77. The van der Waals surface area contributed by atoms with E-state index in [0.29, 0.717) is 11.8 Å². The molecule has 3 nitrogen and oxygen atoms in total. The van der Waals surface area contributed by atoms with Crippen molar-refractivity contribution in [1.29, 1.82) is 0 Å². The zero-order valence-corrected chi connectivity index (χ0v) is 11.0. The fraction of sp³-hybridized carbons (Fsp3) is 0.571. The molecule has 0 bridgehead atoms. The highest BCUT2D eigenvalue weighted by Crippen LogP contribution is 2.17. The first kappa shape index (κ1) is 13.7. The topological polar surface area (TPSA) is 50.2 Å². The third-order valence-electron chi connectivity index (χ3n) is 2.54. The summed E-state index contributed by atoms with van der Waals surface area (Å²) in [6.45, 7) is 8.55. The van der Waals surface area contributed by atoms with Gasteiger partial charge in [-0.2, -0.15) is 0 Å². The van der Waals surface area contributed by atoms with Crippen LogP contribution in [0, 0.1) is 11.8 Å². The number of aromatic carboxylic acids is 1. The Balaban J connectivity index is 3.07. The van der Waals surface area contributed by atoms with Gasteiger partial charge in [0.05, 0.1) is 5.56 Å². The molecule has 1 aromatic heterocycles. The molecule has 0 aliphatic carbocycles. The number of pyridine rings is 1. The van der Waals surface area contributed by atoms with Gasteiger partial charge in [-0.1, -0.05) is 27.7 Å². The van der Waals surface area contributed by atoms with Gasteiger partial charge in [-0.15, -0.1) is 0 Å². The average Bonchev–Trinajstić information content (AvgIpc) is 2.18. The standard InChI is InChI=1S/C14H21NO2/c1-9(2)5-11-7-12(14(16)17)8-15-13(11)6-10(3)4/h7-10H,5-6H2,1-4H3,(H,16,17). The van der Waals surface area contributed by atoms with Crippen LogP contribution in [0.25, 0.3) is 0 Å². The van der Waals surface area contributed by atoms with Crippen molar-refractivity contribution in [1.82, 2.24) is 4.98 Å². The van der Waals surface area contributed by atoms with Crippen molar-refractivity contribution in [2.24, 2.45) is 11.8 Å². The Bertz CT molecular complexity index is 397. The van der Waals surface area contributed by atoms with Crippen LogP contribution in [0.15, 0.2) is 12.3 Å². The van der Waals surface area contributed by atoms with Crippen LogP contribution >= 0.6 is 0 Å². The number of carboxylic acids is 1. The van der Waals surface area contributed by atoms with Crippen molar-refractivity contribution in [3.05, 3.63) is 29.1 Å². The Hall–Kier alpha value is -1.38. The molecule has 94 valence electrons. The summed E-state index contributed by atoms with van der Waals surface area (Å²) in [6.07, 6.45) is 3.25. The number of carbonyl (C=O) groups is 1. The molecule has 0 spiro atoms. The van der Waals surface area contributed by atoms with E-state index < -0.39 is 5.97 Å². The minimum absolute atomic E-state index is 0.285. The maximum atomic E-state index is 10.9. The van der Waals surface area contributed by atoms with Gasteiger partial charge < -0.3 is 5.11 Å². The Morgan fingerprint density at radius 3 is 2.29 bits per heavy atom. The van der Waals surface area contributed by atoms with Crippen LogP contribution in [0.5, 0.6) is 0 Å². The smallest absolute Gasteiger partial charge is 0.337 e. The number of rotatable bonds is 5. The SMILES string of the molecule is CC(C)Cc1cc(C(=O)O)cnc1CC(C)C. The second kappa shape index (κ2) is 5.80. The van der Waals surface area contributed by atoms with Crippen molar-refractivity contribution in [3.63, 3.8) is 0 Å². The molecule has 0 fully saturated rings. The Labute approximate surface area is 103 Å². The molecule has 17 heavy (non-hydrogen) atoms. The lowest BCUT2D eigenvalue weighted by molar-refractivity contribution is 0.0696. The molecule has 0 atom stereocenters. The predicted molar refractivity (Wildman–Crippen MR) is 68.3 cm³/mol. The molecule has 1 heterocycles. The van der Waals surface area contributed by atoms with Gasteiger partial charge in [-0.05, 0) is 36.3 Å². The predicted octanol–water partition coefficient (Wildman–Crippen LogP) is 3.18. The molecule has 0 aliphatic heterocycles. The van der Waals surface area contributed by atoms with Crippen LogP contribution in [0.4, 0.5) is 0 Å². The quantitative estimate of drug-likeness (QED) is 0.852. The van der Waals surface area contributed by atoms with Crippen molar-refractivity contribution in [3.8, 4) is 0 Å². The van der Waals surface area contributed by atoms with Gasteiger partial charge in [0.15, 0.2) is 0 Å². The van der Waals surface area contributed by atoms with E-state index in [1.54, 1.807) is 6.07 Å². The number of carboxylic acid groups (broad SMARTS) is 1. The number of aromatic nitrogens is 1. The van der Waals surface area contributed by atoms with E-state index >= 15 is 0 Å². The van der Waals surface area contributed by atoms with Crippen LogP contribution in [-0.4, -0.2) is 16.1 Å². The molecule has 0 radical (unpaired) electrons. The second-order valence-electron chi connectivity index (χ2n) is 5.33. The van der Waals surface area contributed by atoms with E-state index in [9.17, 15) is 4.79 Å². The van der Waals surface area contributed by atoms with Crippen LogP contribution < -0.4 is 0 Å². The summed E-state index contributed by atoms with van der Waals surface area (Å²) in [5.74, 6) is 0.134. The first-order valence-electron chi connectivity index (χ1n) is 6.11. The van der Waals surface area contributed by atoms with E-state index in [1.807, 2.05) is 0 Å². The lowest BCUT2D eigenvalue weighted by Gasteiger charge is -2.13. The highest BCUT2D eigenvalue weighted by atomic mass is 16.4. The van der Waals surface area contributed by atoms with Gasteiger partial charge in [-0.3, -0.25) is 4.98 Å². The first-order valence-corrected chi connectivity index (χ1v) is 6.11. The number of hydrogen-bond donors (Lipinski definition) is 1. The van der Waals surface area contributed by atoms with Gasteiger partial charge in [0, 0.05) is 11.9 Å². The van der Waals surface area contributed by atoms with Crippen LogP contribution in [0.2, 0.25) is 0 Å². The van der Waals surface area contributed by atoms with Crippen molar-refractivity contribution >= 4 is 5.97 Å². The summed E-state index contributed by atoms with van der Waals surface area (Å²) in [7, 11) is 0. The molecular weight excluding hydrogens is 214 g/mol. The molecule has 0 aliphatic rings. The zero-order valence-electron chi connectivity index (χ0n) is 11.0. The molecule has 0 unspecified atom stereocenters. The molecule has 1 aromatic rings. The van der Waals surface area contributed by atoms with E-state index in [1.165, 1.54) is 6.20 Å². The van der Waals surface area contributed by atoms with Crippen molar-refractivity contribution in [2.45, 2.75) is 40.5 Å². The Morgan fingerprint density at radius 1 is 1.24 bits per heavy atom. The number of hydrogen-bond acceptors (Lipinski definition) is 2. The third-order valence-corrected chi connectivity index (χ3v) is 2.54. The van der Waals surface area contributed by atoms with Crippen molar-refractivity contribution < 1.29 is 9.90 Å². The van der Waals surface area contributed by atoms with Gasteiger partial charge in [0.1, 0.15) is 0 Å². The molecule has 1 N–H and O–H groups in total. The summed E-state index contributed by atoms with van der Waals surface area (Å²) < 4.78 is 0.